The number of ether oxygens (including phenoxy) is 2. The van der Waals surface area contributed by atoms with E-state index in [-0.39, 0.29) is 6.61 Å². The second kappa shape index (κ2) is 7.28. The van der Waals surface area contributed by atoms with Crippen LogP contribution < -0.4 is 5.32 Å². The van der Waals surface area contributed by atoms with Crippen LogP contribution in [0.5, 0.6) is 0 Å². The molecule has 0 rings (SSSR count). The first-order chi connectivity index (χ1) is 6.57. The molecule has 1 amide bonds. The van der Waals surface area contributed by atoms with Gasteiger partial charge in [0, 0.05) is 7.11 Å². The Morgan fingerprint density at radius 2 is 2.07 bits per heavy atom. The van der Waals surface area contributed by atoms with Crippen molar-refractivity contribution in [3.8, 4) is 0 Å². The first-order valence-electron chi connectivity index (χ1n) is 4.16. The SMILES string of the molecule is COCCOCC(=O)NC(C)C(=O)O. The highest BCUT2D eigenvalue weighted by molar-refractivity contribution is 5.83. The predicted molar refractivity (Wildman–Crippen MR) is 47.9 cm³/mol. The highest BCUT2D eigenvalue weighted by Gasteiger charge is 2.13. The number of carbonyl (C=O) groups excluding carboxylic acids is 1. The third-order valence-electron chi connectivity index (χ3n) is 1.41. The van der Waals surface area contributed by atoms with Crippen LogP contribution in [0.1, 0.15) is 6.92 Å². The van der Waals surface area contributed by atoms with E-state index in [9.17, 15) is 9.59 Å². The summed E-state index contributed by atoms with van der Waals surface area (Å²) in [7, 11) is 1.52. The fourth-order valence-electron chi connectivity index (χ4n) is 0.652. The molecular weight excluding hydrogens is 190 g/mol. The molecule has 0 saturated carbocycles. The van der Waals surface area contributed by atoms with Gasteiger partial charge in [0.05, 0.1) is 13.2 Å². The van der Waals surface area contributed by atoms with Gasteiger partial charge in [-0.25, -0.2) is 0 Å². The molecule has 0 fully saturated rings. The maximum Gasteiger partial charge on any atom is 0.325 e. The average molecular weight is 205 g/mol. The van der Waals surface area contributed by atoms with Crippen LogP contribution in [-0.2, 0) is 19.1 Å². The van der Waals surface area contributed by atoms with Crippen molar-refractivity contribution in [2.75, 3.05) is 26.9 Å². The Balaban J connectivity index is 3.50. The Morgan fingerprint density at radius 1 is 1.43 bits per heavy atom. The maximum absolute atomic E-state index is 11.0. The van der Waals surface area contributed by atoms with Gasteiger partial charge in [0.1, 0.15) is 12.6 Å². The fraction of sp³-hybridized carbons (Fsp3) is 0.750. The lowest BCUT2D eigenvalue weighted by Gasteiger charge is -2.09. The number of rotatable bonds is 7. The summed E-state index contributed by atoms with van der Waals surface area (Å²) in [6, 6.07) is -0.895. The van der Waals surface area contributed by atoms with Crippen LogP contribution in [0.4, 0.5) is 0 Å². The van der Waals surface area contributed by atoms with Crippen molar-refractivity contribution < 1.29 is 24.2 Å². The monoisotopic (exact) mass is 205 g/mol. The summed E-state index contributed by atoms with van der Waals surface area (Å²) in [5.74, 6) is -1.52. The van der Waals surface area contributed by atoms with Crippen molar-refractivity contribution >= 4 is 11.9 Å². The molecule has 0 aromatic carbocycles. The average Bonchev–Trinajstić information content (AvgIpc) is 2.12. The van der Waals surface area contributed by atoms with E-state index in [4.69, 9.17) is 14.6 Å². The van der Waals surface area contributed by atoms with Gasteiger partial charge in [0.25, 0.3) is 0 Å². The van der Waals surface area contributed by atoms with Crippen LogP contribution in [0.25, 0.3) is 0 Å². The molecule has 0 radical (unpaired) electrons. The largest absolute Gasteiger partial charge is 0.480 e. The molecule has 6 heteroatoms. The Kier molecular flexibility index (Phi) is 6.69. The summed E-state index contributed by atoms with van der Waals surface area (Å²) < 4.78 is 9.58. The van der Waals surface area contributed by atoms with Gasteiger partial charge in [-0.1, -0.05) is 0 Å². The smallest absolute Gasteiger partial charge is 0.325 e. The Labute approximate surface area is 82.2 Å². The van der Waals surface area contributed by atoms with Crippen LogP contribution in [0, 0.1) is 0 Å². The molecule has 0 aromatic rings. The maximum atomic E-state index is 11.0. The van der Waals surface area contributed by atoms with Gasteiger partial charge in [-0.05, 0) is 6.92 Å². The van der Waals surface area contributed by atoms with Gasteiger partial charge in [-0.2, -0.15) is 0 Å². The van der Waals surface area contributed by atoms with Crippen LogP contribution >= 0.6 is 0 Å². The second-order valence-corrected chi connectivity index (χ2v) is 2.67. The zero-order valence-electron chi connectivity index (χ0n) is 8.28. The zero-order valence-corrected chi connectivity index (χ0v) is 8.28. The number of carboxylic acids is 1. The molecule has 0 spiro atoms. The molecular formula is C8H15NO5. The van der Waals surface area contributed by atoms with Crippen LogP contribution in [0.3, 0.4) is 0 Å². The number of carboxylic acid groups (broad SMARTS) is 1. The molecule has 0 aliphatic carbocycles. The summed E-state index contributed by atoms with van der Waals surface area (Å²) in [5, 5.41) is 10.7. The number of hydrogen-bond acceptors (Lipinski definition) is 4. The molecule has 6 nitrogen and oxygen atoms in total. The minimum absolute atomic E-state index is 0.152. The summed E-state index contributed by atoms with van der Waals surface area (Å²) in [6.07, 6.45) is 0. The number of nitrogens with one attached hydrogen (secondary N) is 1. The van der Waals surface area contributed by atoms with E-state index in [1.54, 1.807) is 0 Å². The highest BCUT2D eigenvalue weighted by atomic mass is 16.5. The minimum atomic E-state index is -1.07. The Morgan fingerprint density at radius 3 is 2.57 bits per heavy atom. The van der Waals surface area contributed by atoms with E-state index in [0.717, 1.165) is 0 Å². The summed E-state index contributed by atoms with van der Waals surface area (Å²) in [4.78, 5) is 21.3. The van der Waals surface area contributed by atoms with Crippen molar-refractivity contribution in [1.82, 2.24) is 5.32 Å². The molecule has 2 N–H and O–H groups in total. The molecule has 0 bridgehead atoms. The van der Waals surface area contributed by atoms with Crippen LogP contribution in [0.15, 0.2) is 0 Å². The fourth-order valence-corrected chi connectivity index (χ4v) is 0.652. The zero-order chi connectivity index (χ0) is 11.0. The molecule has 0 heterocycles. The van der Waals surface area contributed by atoms with Crippen molar-refractivity contribution in [1.29, 1.82) is 0 Å². The summed E-state index contributed by atoms with van der Waals surface area (Å²) >= 11 is 0. The van der Waals surface area contributed by atoms with E-state index < -0.39 is 17.9 Å². The number of amides is 1. The molecule has 0 aliphatic rings. The van der Waals surface area contributed by atoms with Gasteiger partial charge in [-0.15, -0.1) is 0 Å². The summed E-state index contributed by atoms with van der Waals surface area (Å²) in [6.45, 7) is 1.95. The van der Waals surface area contributed by atoms with Gasteiger partial charge in [0.15, 0.2) is 0 Å². The Hall–Kier alpha value is -1.14. The van der Waals surface area contributed by atoms with E-state index in [0.29, 0.717) is 13.2 Å². The number of methoxy groups -OCH3 is 1. The van der Waals surface area contributed by atoms with Crippen molar-refractivity contribution in [3.63, 3.8) is 0 Å². The second-order valence-electron chi connectivity index (χ2n) is 2.67. The Bertz CT molecular complexity index is 194. The van der Waals surface area contributed by atoms with Gasteiger partial charge in [0.2, 0.25) is 5.91 Å². The molecule has 82 valence electrons. The van der Waals surface area contributed by atoms with Crippen LogP contribution in [-0.4, -0.2) is 50.0 Å². The first-order valence-corrected chi connectivity index (χ1v) is 4.16. The lowest BCUT2D eigenvalue weighted by Crippen LogP contribution is -2.40. The van der Waals surface area contributed by atoms with Crippen molar-refractivity contribution in [2.45, 2.75) is 13.0 Å². The van der Waals surface area contributed by atoms with E-state index in [2.05, 4.69) is 5.32 Å². The molecule has 1 atom stereocenters. The summed E-state index contributed by atoms with van der Waals surface area (Å²) in [5.41, 5.74) is 0. The molecule has 0 saturated heterocycles. The normalized spacial score (nSPS) is 12.1. The standard InChI is InChI=1S/C8H15NO5/c1-6(8(11)12)9-7(10)5-14-4-3-13-2/h6H,3-5H2,1-2H3,(H,9,10)(H,11,12). The van der Waals surface area contributed by atoms with Gasteiger partial charge >= 0.3 is 5.97 Å². The van der Waals surface area contributed by atoms with E-state index in [1.807, 2.05) is 0 Å². The number of hydrogen-bond donors (Lipinski definition) is 2. The van der Waals surface area contributed by atoms with Gasteiger partial charge in [-0.3, -0.25) is 9.59 Å². The number of carbonyl (C=O) groups is 2. The van der Waals surface area contributed by atoms with Crippen molar-refractivity contribution in [2.24, 2.45) is 0 Å². The molecule has 0 aromatic heterocycles. The lowest BCUT2D eigenvalue weighted by molar-refractivity contribution is -0.142. The highest BCUT2D eigenvalue weighted by Crippen LogP contribution is 1.82. The number of aliphatic carboxylic acids is 1. The first kappa shape index (κ1) is 12.9. The molecule has 1 unspecified atom stereocenters. The van der Waals surface area contributed by atoms with Crippen molar-refractivity contribution in [3.05, 3.63) is 0 Å². The molecule has 14 heavy (non-hydrogen) atoms. The van der Waals surface area contributed by atoms with Crippen LogP contribution in [0.2, 0.25) is 0 Å². The minimum Gasteiger partial charge on any atom is -0.480 e. The van der Waals surface area contributed by atoms with E-state index >= 15 is 0 Å². The topological polar surface area (TPSA) is 84.9 Å². The lowest BCUT2D eigenvalue weighted by atomic mass is 10.3. The third-order valence-corrected chi connectivity index (χ3v) is 1.41. The van der Waals surface area contributed by atoms with E-state index in [1.165, 1.54) is 14.0 Å². The quantitative estimate of drug-likeness (QED) is 0.533. The third kappa shape index (κ3) is 6.38. The molecule has 0 aliphatic heterocycles. The van der Waals surface area contributed by atoms with Gasteiger partial charge < -0.3 is 19.9 Å². The predicted octanol–water partition coefficient (Wildman–Crippen LogP) is -0.761.